The van der Waals surface area contributed by atoms with Crippen LogP contribution in [0.15, 0.2) is 24.3 Å². The van der Waals surface area contributed by atoms with Gasteiger partial charge in [-0.2, -0.15) is 0 Å². The van der Waals surface area contributed by atoms with Crippen molar-refractivity contribution in [3.05, 3.63) is 30.1 Å². The Bertz CT molecular complexity index is 677. The summed E-state index contributed by atoms with van der Waals surface area (Å²) < 4.78 is 0. The molecule has 2 atom stereocenters. The zero-order valence-corrected chi connectivity index (χ0v) is 13.7. The molecule has 1 amide bonds. The van der Waals surface area contributed by atoms with E-state index in [0.29, 0.717) is 19.1 Å². The van der Waals surface area contributed by atoms with Crippen molar-refractivity contribution in [2.45, 2.75) is 31.7 Å². The van der Waals surface area contributed by atoms with E-state index < -0.39 is 0 Å². The molecule has 2 fully saturated rings. The van der Waals surface area contributed by atoms with Gasteiger partial charge < -0.3 is 9.88 Å². The van der Waals surface area contributed by atoms with Gasteiger partial charge in [0.05, 0.1) is 17.6 Å². The monoisotopic (exact) mass is 312 g/mol. The molecule has 122 valence electrons. The highest BCUT2D eigenvalue weighted by atomic mass is 16.2. The molecular formula is C18H24N4O. The molecule has 1 aromatic heterocycles. The van der Waals surface area contributed by atoms with Crippen LogP contribution in [0.5, 0.6) is 0 Å². The number of nitrogens with zero attached hydrogens (tertiary/aromatic N) is 3. The number of benzene rings is 1. The van der Waals surface area contributed by atoms with Gasteiger partial charge in [-0.3, -0.25) is 9.69 Å². The van der Waals surface area contributed by atoms with Crippen LogP contribution in [0.2, 0.25) is 0 Å². The van der Waals surface area contributed by atoms with Crippen molar-refractivity contribution in [2.24, 2.45) is 5.92 Å². The lowest BCUT2D eigenvalue weighted by Crippen LogP contribution is -2.42. The minimum Gasteiger partial charge on any atom is -0.344 e. The fourth-order valence-electron chi connectivity index (χ4n) is 4.04. The van der Waals surface area contributed by atoms with Gasteiger partial charge in [0, 0.05) is 32.6 Å². The minimum atomic E-state index is 0.230. The van der Waals surface area contributed by atoms with Crippen LogP contribution in [0.4, 0.5) is 0 Å². The number of hydrogen-bond donors (Lipinski definition) is 1. The Balaban J connectivity index is 1.30. The Morgan fingerprint density at radius 2 is 2.26 bits per heavy atom. The number of carbonyl (C=O) groups is 1. The summed E-state index contributed by atoms with van der Waals surface area (Å²) in [5.41, 5.74) is 2.05. The van der Waals surface area contributed by atoms with E-state index in [1.807, 2.05) is 36.2 Å². The number of hydrogen-bond acceptors (Lipinski definition) is 3. The largest absolute Gasteiger partial charge is 0.344 e. The zero-order chi connectivity index (χ0) is 15.8. The van der Waals surface area contributed by atoms with E-state index in [0.717, 1.165) is 35.7 Å². The van der Waals surface area contributed by atoms with Gasteiger partial charge in [-0.25, -0.2) is 4.98 Å². The van der Waals surface area contributed by atoms with Gasteiger partial charge in [-0.15, -0.1) is 0 Å². The number of fused-ring (bicyclic) bond motifs is 3. The highest BCUT2D eigenvalue weighted by molar-refractivity contribution is 5.78. The van der Waals surface area contributed by atoms with E-state index in [9.17, 15) is 4.79 Å². The quantitative estimate of drug-likeness (QED) is 0.919. The van der Waals surface area contributed by atoms with Crippen molar-refractivity contribution < 1.29 is 4.79 Å². The predicted molar refractivity (Wildman–Crippen MR) is 90.1 cm³/mol. The first-order chi connectivity index (χ1) is 11.2. The molecule has 1 aliphatic carbocycles. The number of likely N-dealkylation sites (N-methyl/N-ethyl adjacent to an activating group) is 1. The molecule has 5 nitrogen and oxygen atoms in total. The van der Waals surface area contributed by atoms with Gasteiger partial charge in [0.15, 0.2) is 0 Å². The zero-order valence-electron chi connectivity index (χ0n) is 13.7. The second-order valence-corrected chi connectivity index (χ2v) is 7.03. The fraction of sp³-hybridized carbons (Fsp3) is 0.556. The normalized spacial score (nSPS) is 23.7. The Hall–Kier alpha value is -1.88. The van der Waals surface area contributed by atoms with Gasteiger partial charge in [-0.05, 0) is 37.3 Å². The van der Waals surface area contributed by atoms with Crippen molar-refractivity contribution in [1.29, 1.82) is 0 Å². The predicted octanol–water partition coefficient (Wildman–Crippen LogP) is 2.05. The summed E-state index contributed by atoms with van der Waals surface area (Å²) in [5, 5.41) is 0. The van der Waals surface area contributed by atoms with Crippen LogP contribution in [-0.2, 0) is 11.2 Å². The summed E-state index contributed by atoms with van der Waals surface area (Å²) in [7, 11) is 1.90. The van der Waals surface area contributed by atoms with Crippen LogP contribution >= 0.6 is 0 Å². The number of likely N-dealkylation sites (tertiary alicyclic amines) is 1. The third kappa shape index (κ3) is 2.98. The summed E-state index contributed by atoms with van der Waals surface area (Å²) in [6.07, 6.45) is 4.71. The van der Waals surface area contributed by atoms with E-state index in [-0.39, 0.29) is 5.91 Å². The second-order valence-electron chi connectivity index (χ2n) is 7.03. The lowest BCUT2D eigenvalue weighted by atomic mass is 10.1. The van der Waals surface area contributed by atoms with E-state index in [1.165, 1.54) is 19.3 Å². The lowest BCUT2D eigenvalue weighted by Gasteiger charge is -2.28. The average Bonchev–Trinajstić information content (AvgIpc) is 3.26. The molecule has 2 aromatic rings. The highest BCUT2D eigenvalue weighted by Crippen LogP contribution is 2.36. The van der Waals surface area contributed by atoms with Crippen molar-refractivity contribution in [2.75, 3.05) is 26.7 Å². The van der Waals surface area contributed by atoms with Crippen LogP contribution < -0.4 is 0 Å². The molecular weight excluding hydrogens is 288 g/mol. The molecule has 23 heavy (non-hydrogen) atoms. The second kappa shape index (κ2) is 5.96. The fourth-order valence-corrected chi connectivity index (χ4v) is 4.04. The van der Waals surface area contributed by atoms with E-state index in [4.69, 9.17) is 0 Å². The van der Waals surface area contributed by atoms with Crippen LogP contribution in [0.3, 0.4) is 0 Å². The average molecular weight is 312 g/mol. The third-order valence-corrected chi connectivity index (χ3v) is 5.41. The van der Waals surface area contributed by atoms with Crippen LogP contribution in [0, 0.1) is 5.92 Å². The number of imidazole rings is 1. The summed E-state index contributed by atoms with van der Waals surface area (Å²) in [6.45, 7) is 2.41. The molecule has 1 aliphatic heterocycles. The van der Waals surface area contributed by atoms with Crippen LogP contribution in [0.1, 0.15) is 25.1 Å². The molecule has 1 saturated carbocycles. The van der Waals surface area contributed by atoms with Gasteiger partial charge >= 0.3 is 0 Å². The van der Waals surface area contributed by atoms with Crippen LogP contribution in [-0.4, -0.2) is 58.4 Å². The maximum absolute atomic E-state index is 12.4. The molecule has 0 spiro atoms. The number of rotatable bonds is 5. The summed E-state index contributed by atoms with van der Waals surface area (Å²) in [5.74, 6) is 2.02. The number of H-pyrrole nitrogens is 1. The first-order valence-corrected chi connectivity index (χ1v) is 8.60. The molecule has 2 aliphatic rings. The van der Waals surface area contributed by atoms with Crippen molar-refractivity contribution in [1.82, 2.24) is 19.8 Å². The Morgan fingerprint density at radius 1 is 1.39 bits per heavy atom. The highest BCUT2D eigenvalue weighted by Gasteiger charge is 2.38. The number of nitrogens with one attached hydrogen (secondary N) is 1. The van der Waals surface area contributed by atoms with Crippen molar-refractivity contribution in [3.63, 3.8) is 0 Å². The van der Waals surface area contributed by atoms with E-state index in [2.05, 4.69) is 14.9 Å². The van der Waals surface area contributed by atoms with Crippen molar-refractivity contribution >= 4 is 16.9 Å². The number of amides is 1. The summed E-state index contributed by atoms with van der Waals surface area (Å²) in [6, 6.07) is 8.69. The molecule has 2 bridgehead atoms. The van der Waals surface area contributed by atoms with Crippen molar-refractivity contribution in [3.8, 4) is 0 Å². The number of para-hydroxylation sites is 2. The van der Waals surface area contributed by atoms with Gasteiger partial charge in [0.2, 0.25) is 5.91 Å². The maximum atomic E-state index is 12.4. The minimum absolute atomic E-state index is 0.230. The standard InChI is InChI=1S/C18H24N4O/c1-21(18(23)12-22-11-13-6-7-14(22)10-13)9-8-17-19-15-4-2-3-5-16(15)20-17/h2-5,13-14H,6-12H2,1H3,(H,19,20)/t13-,14+/m1/s1. The van der Waals surface area contributed by atoms with Gasteiger partial charge in [0.25, 0.3) is 0 Å². The maximum Gasteiger partial charge on any atom is 0.236 e. The first-order valence-electron chi connectivity index (χ1n) is 8.60. The summed E-state index contributed by atoms with van der Waals surface area (Å²) in [4.78, 5) is 24.6. The van der Waals surface area contributed by atoms with E-state index in [1.54, 1.807) is 0 Å². The molecule has 1 aromatic carbocycles. The third-order valence-electron chi connectivity index (χ3n) is 5.41. The Morgan fingerprint density at radius 3 is 3.00 bits per heavy atom. The molecule has 5 heteroatoms. The molecule has 0 radical (unpaired) electrons. The van der Waals surface area contributed by atoms with Gasteiger partial charge in [0.1, 0.15) is 5.82 Å². The smallest absolute Gasteiger partial charge is 0.236 e. The molecule has 2 heterocycles. The van der Waals surface area contributed by atoms with Crippen LogP contribution in [0.25, 0.3) is 11.0 Å². The number of aromatic nitrogens is 2. The Kier molecular flexibility index (Phi) is 3.81. The number of carbonyl (C=O) groups excluding carboxylic acids is 1. The topological polar surface area (TPSA) is 52.2 Å². The molecule has 1 saturated heterocycles. The van der Waals surface area contributed by atoms with E-state index >= 15 is 0 Å². The summed E-state index contributed by atoms with van der Waals surface area (Å²) >= 11 is 0. The molecule has 1 N–H and O–H groups in total. The SMILES string of the molecule is CN(CCc1nc2ccccc2[nH]1)C(=O)CN1C[C@@H]2CC[C@H]1C2. The Labute approximate surface area is 136 Å². The number of aromatic amines is 1. The van der Waals surface area contributed by atoms with Gasteiger partial charge in [-0.1, -0.05) is 12.1 Å². The molecule has 4 rings (SSSR count). The lowest BCUT2D eigenvalue weighted by molar-refractivity contribution is -0.131. The molecule has 0 unspecified atom stereocenters. The number of piperidine rings is 1. The first kappa shape index (κ1) is 14.7.